The van der Waals surface area contributed by atoms with E-state index in [1.165, 1.54) is 66.6 Å². The van der Waals surface area contributed by atoms with Crippen molar-refractivity contribution in [3.63, 3.8) is 0 Å². The zero-order valence-electron chi connectivity index (χ0n) is 31.4. The van der Waals surface area contributed by atoms with E-state index < -0.39 is 11.9 Å². The molecule has 0 atom stereocenters. The van der Waals surface area contributed by atoms with Crippen molar-refractivity contribution in [2.75, 3.05) is 0 Å². The number of nitrogens with zero attached hydrogens (tertiary/aromatic N) is 2. The molecule has 0 aromatic carbocycles. The maximum Gasteiger partial charge on any atom is 2.00 e. The van der Waals surface area contributed by atoms with Crippen molar-refractivity contribution in [1.29, 1.82) is 0 Å². The maximum absolute atomic E-state index is 9.14. The number of aryl methyl sites for hydroxylation is 4. The molecule has 0 radical (unpaired) electrons. The van der Waals surface area contributed by atoms with Crippen LogP contribution in [0.5, 0.6) is 0 Å². The van der Waals surface area contributed by atoms with Crippen molar-refractivity contribution in [3.8, 4) is 0 Å². The molecular formula is C42H52N4NiO4. The van der Waals surface area contributed by atoms with Gasteiger partial charge in [0.15, 0.2) is 0 Å². The Morgan fingerprint density at radius 1 is 0.510 bits per heavy atom. The number of rotatable bonds is 10. The van der Waals surface area contributed by atoms with Gasteiger partial charge in [-0.05, 0) is 132 Å². The summed E-state index contributed by atoms with van der Waals surface area (Å²) < 4.78 is 0. The zero-order valence-corrected chi connectivity index (χ0v) is 32.4. The van der Waals surface area contributed by atoms with Gasteiger partial charge in [0.25, 0.3) is 0 Å². The second-order valence-corrected chi connectivity index (χ2v) is 11.9. The molecule has 0 unspecified atom stereocenters. The Kier molecular flexibility index (Phi) is 16.6. The predicted molar refractivity (Wildman–Crippen MR) is 204 cm³/mol. The van der Waals surface area contributed by atoms with Crippen LogP contribution in [0.1, 0.15) is 126 Å². The van der Waals surface area contributed by atoms with E-state index in [0.717, 1.165) is 86.3 Å². The van der Waals surface area contributed by atoms with Gasteiger partial charge in [-0.15, -0.1) is 0 Å². The molecule has 8 bridgehead atoms. The van der Waals surface area contributed by atoms with Crippen LogP contribution in [0.3, 0.4) is 0 Å². The first-order valence-corrected chi connectivity index (χ1v) is 17.9. The molecule has 0 aliphatic carbocycles. The van der Waals surface area contributed by atoms with Crippen LogP contribution < -0.4 is 10.2 Å². The van der Waals surface area contributed by atoms with Crippen molar-refractivity contribution < 1.29 is 36.3 Å². The molecule has 3 aromatic rings. The molecule has 9 heteroatoms. The normalized spacial score (nSPS) is 11.9. The van der Waals surface area contributed by atoms with Crippen LogP contribution in [-0.4, -0.2) is 31.9 Å². The fourth-order valence-corrected chi connectivity index (χ4v) is 7.10. The number of carboxylic acid groups (broad SMARTS) is 2. The number of carbonyl (C=O) groups excluding carboxylic acids is 2. The third-order valence-corrected chi connectivity index (χ3v) is 9.30. The van der Waals surface area contributed by atoms with Crippen molar-refractivity contribution >= 4 is 56.3 Å². The van der Waals surface area contributed by atoms with E-state index in [-0.39, 0.29) is 16.5 Å². The van der Waals surface area contributed by atoms with Crippen LogP contribution in [0.2, 0.25) is 0 Å². The number of hydrogen-bond acceptors (Lipinski definition) is 6. The van der Waals surface area contributed by atoms with Crippen LogP contribution in [0.15, 0.2) is 49.6 Å². The van der Waals surface area contributed by atoms with Crippen LogP contribution in [0.25, 0.3) is 44.4 Å². The van der Waals surface area contributed by atoms with Crippen LogP contribution in [0.4, 0.5) is 0 Å². The number of aliphatic carboxylic acids is 2. The minimum atomic E-state index is -1.23. The van der Waals surface area contributed by atoms with E-state index in [9.17, 15) is 0 Å². The number of allylic oxidation sites excluding steroid dienone is 4. The first-order valence-electron chi connectivity index (χ1n) is 17.9. The summed E-state index contributed by atoms with van der Waals surface area (Å²) >= 11 is 0. The Morgan fingerprint density at radius 3 is 0.961 bits per heavy atom. The Labute approximate surface area is 312 Å². The number of H-pyrrole nitrogens is 2. The van der Waals surface area contributed by atoms with Crippen molar-refractivity contribution in [2.45, 2.75) is 107 Å². The Bertz CT molecular complexity index is 1860. The van der Waals surface area contributed by atoms with Gasteiger partial charge in [-0.3, -0.25) is 0 Å². The number of fused-ring (bicyclic) bond motifs is 8. The molecule has 2 aliphatic heterocycles. The summed E-state index contributed by atoms with van der Waals surface area (Å²) in [6, 6.07) is 9.24. The van der Waals surface area contributed by atoms with Gasteiger partial charge in [0.05, 0.1) is 34.7 Å². The molecule has 0 saturated heterocycles. The average molecular weight is 736 g/mol. The van der Waals surface area contributed by atoms with Crippen molar-refractivity contribution in [1.82, 2.24) is 19.9 Å². The smallest absolute Gasteiger partial charge is 0.545 e. The SMILES string of the molecule is C=CC(=O)[O-].C=CC(=O)[O-].CCC1=C(CC)c2cc3[nH]c(cc4[nH]c(cc5nc(cc1n2)C(CC)=C5CC)c(CC)c4CC)c(CC)c3CC.[Ni+2]. The maximum atomic E-state index is 9.14. The molecule has 2 N–H and O–H groups in total. The topological polar surface area (TPSA) is 138 Å². The molecule has 8 nitrogen and oxygen atoms in total. The molecule has 0 saturated carbocycles. The number of aromatic nitrogens is 4. The molecule has 274 valence electrons. The minimum absolute atomic E-state index is 0. The molecule has 51 heavy (non-hydrogen) atoms. The molecule has 2 aliphatic rings. The largest absolute Gasteiger partial charge is 2.00 e. The van der Waals surface area contributed by atoms with Gasteiger partial charge < -0.3 is 29.8 Å². The van der Waals surface area contributed by atoms with Crippen LogP contribution in [-0.2, 0) is 51.8 Å². The standard InChI is InChI=1S/C36H46N4.2C3H4O2.Ni/c1-9-21-22(10-2)30-18-32-25(13-5)26(14-6)34(39-32)20-36-28(16-8)27(15-7)35(40-36)19-33-24(12-4)23(11-3)31(38-33)17-29(21)37-30;2*1-2-3(4)5;/h17-20,37-38H,9-16H2,1-8H3;2*2H,1H2,(H,4,5);/q;;;+2/p-2. The summed E-state index contributed by atoms with van der Waals surface area (Å²) in [5.74, 6) is -2.46. The molecule has 5 rings (SSSR count). The molecule has 3 aromatic heterocycles. The summed E-state index contributed by atoms with van der Waals surface area (Å²) in [5.41, 5.74) is 20.2. The third kappa shape index (κ3) is 9.45. The number of carboxylic acids is 2. The van der Waals surface area contributed by atoms with Crippen LogP contribution in [0, 0.1) is 0 Å². The van der Waals surface area contributed by atoms with E-state index in [1.807, 2.05) is 0 Å². The molecule has 0 amide bonds. The zero-order chi connectivity index (χ0) is 37.1. The van der Waals surface area contributed by atoms with E-state index in [2.05, 4.69) is 103 Å². The van der Waals surface area contributed by atoms with E-state index in [0.29, 0.717) is 0 Å². The summed E-state index contributed by atoms with van der Waals surface area (Å²) in [6.45, 7) is 23.9. The van der Waals surface area contributed by atoms with Gasteiger partial charge >= 0.3 is 16.5 Å². The van der Waals surface area contributed by atoms with Crippen LogP contribution >= 0.6 is 0 Å². The van der Waals surface area contributed by atoms with Gasteiger partial charge in [0, 0.05) is 22.1 Å². The first kappa shape index (κ1) is 42.7. The second kappa shape index (κ2) is 19.8. The number of hydrogen-bond donors (Lipinski definition) is 2. The predicted octanol–water partition coefficient (Wildman–Crippen LogP) is 7.87. The van der Waals surface area contributed by atoms with Crippen molar-refractivity contribution in [2.24, 2.45) is 0 Å². The fourth-order valence-electron chi connectivity index (χ4n) is 7.10. The number of nitrogens with one attached hydrogen (secondary N) is 2. The third-order valence-electron chi connectivity index (χ3n) is 9.30. The monoisotopic (exact) mass is 734 g/mol. The van der Waals surface area contributed by atoms with E-state index >= 15 is 0 Å². The fraction of sp³-hybridized carbons (Fsp3) is 0.381. The van der Waals surface area contributed by atoms with Gasteiger partial charge in [0.2, 0.25) is 0 Å². The Morgan fingerprint density at radius 2 is 0.745 bits per heavy atom. The van der Waals surface area contributed by atoms with E-state index in [1.54, 1.807) is 0 Å². The molecular weight excluding hydrogens is 683 g/mol. The van der Waals surface area contributed by atoms with Gasteiger partial charge in [-0.2, -0.15) is 0 Å². The van der Waals surface area contributed by atoms with Gasteiger partial charge in [0.1, 0.15) is 0 Å². The van der Waals surface area contributed by atoms with E-state index in [4.69, 9.17) is 29.8 Å². The van der Waals surface area contributed by atoms with Crippen molar-refractivity contribution in [3.05, 3.63) is 94.6 Å². The Balaban J connectivity index is 0.000000723. The quantitative estimate of drug-likeness (QED) is 0.161. The first-order chi connectivity index (χ1) is 24.0. The molecule has 0 spiro atoms. The summed E-state index contributed by atoms with van der Waals surface area (Å²) in [4.78, 5) is 36.5. The Hall–Kier alpha value is -4.49. The number of aromatic amines is 2. The molecule has 5 heterocycles. The van der Waals surface area contributed by atoms with Gasteiger partial charge in [-0.1, -0.05) is 68.5 Å². The minimum Gasteiger partial charge on any atom is -0.545 e. The number of carbonyl (C=O) groups is 2. The second-order valence-electron chi connectivity index (χ2n) is 11.9. The average Bonchev–Trinajstić information content (AvgIpc) is 3.83. The van der Waals surface area contributed by atoms with Gasteiger partial charge in [-0.25, -0.2) is 9.97 Å². The summed E-state index contributed by atoms with van der Waals surface area (Å²) in [7, 11) is 0. The summed E-state index contributed by atoms with van der Waals surface area (Å²) in [6.07, 6.45) is 9.29. The molecule has 0 fully saturated rings. The summed E-state index contributed by atoms with van der Waals surface area (Å²) in [5, 5.41) is 18.3.